The molecule has 102 valence electrons. The maximum Gasteiger partial charge on any atom is 0.292 e. The first-order valence-electron chi connectivity index (χ1n) is 6.21. The van der Waals surface area contributed by atoms with Crippen molar-refractivity contribution < 1.29 is 4.74 Å². The van der Waals surface area contributed by atoms with Crippen molar-refractivity contribution in [3.8, 4) is 11.4 Å². The van der Waals surface area contributed by atoms with E-state index in [2.05, 4.69) is 15.3 Å². The summed E-state index contributed by atoms with van der Waals surface area (Å²) in [5.74, 6) is 0.741. The van der Waals surface area contributed by atoms with Gasteiger partial charge in [-0.15, -0.1) is 0 Å². The predicted octanol–water partition coefficient (Wildman–Crippen LogP) is 1.73. The summed E-state index contributed by atoms with van der Waals surface area (Å²) in [4.78, 5) is 11.8. The number of fused-ring (bicyclic) bond motifs is 1. The highest BCUT2D eigenvalue weighted by Gasteiger charge is 2.14. The minimum atomic E-state index is -0.282. The van der Waals surface area contributed by atoms with Crippen molar-refractivity contribution in [3.63, 3.8) is 0 Å². The highest BCUT2D eigenvalue weighted by Crippen LogP contribution is 2.22. The van der Waals surface area contributed by atoms with E-state index in [0.717, 1.165) is 28.2 Å². The molecule has 6 heteroatoms. The van der Waals surface area contributed by atoms with Gasteiger partial charge in [0, 0.05) is 6.07 Å². The lowest BCUT2D eigenvalue weighted by Crippen LogP contribution is -2.09. The van der Waals surface area contributed by atoms with E-state index in [1.165, 1.54) is 0 Å². The van der Waals surface area contributed by atoms with Crippen molar-refractivity contribution in [2.75, 3.05) is 7.11 Å². The molecule has 2 aromatic heterocycles. The normalized spacial score (nSPS) is 10.9. The molecule has 0 saturated carbocycles. The van der Waals surface area contributed by atoms with Gasteiger partial charge in [-0.2, -0.15) is 10.2 Å². The lowest BCUT2D eigenvalue weighted by molar-refractivity contribution is 0.414. The predicted molar refractivity (Wildman–Crippen MR) is 75.5 cm³/mol. The first-order valence-corrected chi connectivity index (χ1v) is 6.21. The zero-order chi connectivity index (χ0) is 14.3. The molecule has 0 fully saturated rings. The fraction of sp³-hybridized carbons (Fsp3) is 0.214. The molecule has 0 radical (unpaired) electrons. The van der Waals surface area contributed by atoms with Gasteiger partial charge in [-0.25, -0.2) is 9.78 Å². The van der Waals surface area contributed by atoms with Crippen LogP contribution in [0.3, 0.4) is 0 Å². The molecule has 2 heterocycles. The lowest BCUT2D eigenvalue weighted by Gasteiger charge is -2.06. The molecular formula is C14H14N4O2. The first-order chi connectivity index (χ1) is 9.61. The van der Waals surface area contributed by atoms with Crippen LogP contribution in [0.4, 0.5) is 0 Å². The summed E-state index contributed by atoms with van der Waals surface area (Å²) in [7, 11) is 1.62. The van der Waals surface area contributed by atoms with E-state index in [1.807, 2.05) is 38.1 Å². The van der Waals surface area contributed by atoms with Crippen LogP contribution < -0.4 is 10.3 Å². The Bertz CT molecular complexity index is 848. The molecule has 0 aliphatic carbocycles. The van der Waals surface area contributed by atoms with Gasteiger partial charge in [0.15, 0.2) is 5.52 Å². The van der Waals surface area contributed by atoms with Crippen LogP contribution in [0.25, 0.3) is 16.6 Å². The maximum atomic E-state index is 11.8. The van der Waals surface area contributed by atoms with Crippen molar-refractivity contribution in [1.29, 1.82) is 0 Å². The van der Waals surface area contributed by atoms with Gasteiger partial charge in [-0.3, -0.25) is 4.79 Å². The molecular weight excluding hydrogens is 256 g/mol. The van der Waals surface area contributed by atoms with Gasteiger partial charge in [0.2, 0.25) is 0 Å². The van der Waals surface area contributed by atoms with Gasteiger partial charge in [-0.1, -0.05) is 6.07 Å². The molecule has 20 heavy (non-hydrogen) atoms. The molecule has 0 bridgehead atoms. The van der Waals surface area contributed by atoms with Crippen LogP contribution in [0.1, 0.15) is 11.4 Å². The van der Waals surface area contributed by atoms with Crippen LogP contribution in [-0.2, 0) is 0 Å². The monoisotopic (exact) mass is 270 g/mol. The fourth-order valence-corrected chi connectivity index (χ4v) is 2.33. The number of ether oxygens (including phenoxy) is 1. The molecule has 6 nitrogen and oxygen atoms in total. The third-order valence-corrected chi connectivity index (χ3v) is 3.32. The molecule has 3 rings (SSSR count). The summed E-state index contributed by atoms with van der Waals surface area (Å²) < 4.78 is 6.95. The van der Waals surface area contributed by atoms with E-state index in [1.54, 1.807) is 11.8 Å². The van der Waals surface area contributed by atoms with Gasteiger partial charge in [0.25, 0.3) is 5.56 Å². The van der Waals surface area contributed by atoms with Crippen molar-refractivity contribution in [2.45, 2.75) is 13.8 Å². The quantitative estimate of drug-likeness (QED) is 0.769. The van der Waals surface area contributed by atoms with Crippen molar-refractivity contribution in [2.24, 2.45) is 0 Å². The molecule has 0 saturated heterocycles. The Hall–Kier alpha value is -2.63. The summed E-state index contributed by atoms with van der Waals surface area (Å²) in [6.07, 6.45) is 0. The smallest absolute Gasteiger partial charge is 0.292 e. The molecule has 0 spiro atoms. The SMILES string of the molecule is COc1cccc(-n2nc3c(=O)[nH]nc(C)c3c2C)c1. The topological polar surface area (TPSA) is 72.8 Å². The van der Waals surface area contributed by atoms with Crippen LogP contribution in [0.5, 0.6) is 5.75 Å². The van der Waals surface area contributed by atoms with Gasteiger partial charge in [0.1, 0.15) is 5.75 Å². The third-order valence-electron chi connectivity index (χ3n) is 3.32. The third kappa shape index (κ3) is 1.77. The highest BCUT2D eigenvalue weighted by atomic mass is 16.5. The largest absolute Gasteiger partial charge is 0.497 e. The van der Waals surface area contributed by atoms with Crippen molar-refractivity contribution in [3.05, 3.63) is 46.0 Å². The Kier molecular flexibility index (Phi) is 2.78. The Balaban J connectivity index is 2.32. The van der Waals surface area contributed by atoms with Crippen LogP contribution in [0, 0.1) is 13.8 Å². The van der Waals surface area contributed by atoms with E-state index >= 15 is 0 Å². The van der Waals surface area contributed by atoms with Crippen LogP contribution in [-0.4, -0.2) is 27.1 Å². The number of nitrogens with one attached hydrogen (secondary N) is 1. The van der Waals surface area contributed by atoms with E-state index in [4.69, 9.17) is 4.74 Å². The zero-order valence-corrected chi connectivity index (χ0v) is 11.5. The molecule has 1 N–H and O–H groups in total. The van der Waals surface area contributed by atoms with E-state index in [9.17, 15) is 4.79 Å². The van der Waals surface area contributed by atoms with E-state index in [0.29, 0.717) is 5.52 Å². The Morgan fingerprint density at radius 3 is 2.80 bits per heavy atom. The molecule has 0 amide bonds. The summed E-state index contributed by atoms with van der Waals surface area (Å²) >= 11 is 0. The number of methoxy groups -OCH3 is 1. The molecule has 0 unspecified atom stereocenters. The summed E-state index contributed by atoms with van der Waals surface area (Å²) in [5, 5.41) is 11.6. The maximum absolute atomic E-state index is 11.8. The second kappa shape index (κ2) is 4.48. The Morgan fingerprint density at radius 2 is 2.10 bits per heavy atom. The molecule has 0 atom stereocenters. The number of hydrogen-bond donors (Lipinski definition) is 1. The Labute approximate surface area is 115 Å². The number of rotatable bonds is 2. The van der Waals surface area contributed by atoms with Crippen molar-refractivity contribution >= 4 is 10.9 Å². The minimum absolute atomic E-state index is 0.282. The molecule has 3 aromatic rings. The Morgan fingerprint density at radius 1 is 1.30 bits per heavy atom. The summed E-state index contributed by atoms with van der Waals surface area (Å²) in [5.41, 5.74) is 2.60. The van der Waals surface area contributed by atoms with Crippen LogP contribution in [0.15, 0.2) is 29.1 Å². The number of nitrogens with zero attached hydrogens (tertiary/aromatic N) is 3. The van der Waals surface area contributed by atoms with Gasteiger partial charge >= 0.3 is 0 Å². The first kappa shape index (κ1) is 12.4. The van der Waals surface area contributed by atoms with Gasteiger partial charge in [-0.05, 0) is 26.0 Å². The van der Waals surface area contributed by atoms with E-state index in [-0.39, 0.29) is 5.56 Å². The number of aromatic amines is 1. The van der Waals surface area contributed by atoms with Crippen LogP contribution in [0.2, 0.25) is 0 Å². The number of aromatic nitrogens is 4. The van der Waals surface area contributed by atoms with Gasteiger partial charge < -0.3 is 4.74 Å². The molecule has 0 aliphatic heterocycles. The summed E-state index contributed by atoms with van der Waals surface area (Å²) in [6.45, 7) is 3.77. The number of H-pyrrole nitrogens is 1. The average Bonchev–Trinajstić information content (AvgIpc) is 2.82. The van der Waals surface area contributed by atoms with E-state index < -0.39 is 0 Å². The molecule has 1 aromatic carbocycles. The van der Waals surface area contributed by atoms with Gasteiger partial charge in [0.05, 0.1) is 29.6 Å². The second-order valence-electron chi connectivity index (χ2n) is 4.56. The number of benzene rings is 1. The van der Waals surface area contributed by atoms with Crippen molar-refractivity contribution in [1.82, 2.24) is 20.0 Å². The number of aryl methyl sites for hydroxylation is 2. The zero-order valence-electron chi connectivity index (χ0n) is 11.5. The highest BCUT2D eigenvalue weighted by molar-refractivity contribution is 5.83. The average molecular weight is 270 g/mol. The number of hydrogen-bond acceptors (Lipinski definition) is 4. The minimum Gasteiger partial charge on any atom is -0.497 e. The standard InChI is InChI=1S/C14H14N4O2/c1-8-12-9(2)18(17-13(12)14(19)16-15-8)10-5-4-6-11(7-10)20-3/h4-7H,1-3H3,(H,16,19). The lowest BCUT2D eigenvalue weighted by atomic mass is 10.2. The fourth-order valence-electron chi connectivity index (χ4n) is 2.33. The second-order valence-corrected chi connectivity index (χ2v) is 4.56. The molecule has 0 aliphatic rings. The van der Waals surface area contributed by atoms with Crippen LogP contribution >= 0.6 is 0 Å². The summed E-state index contributed by atoms with van der Waals surface area (Å²) in [6, 6.07) is 7.53.